The van der Waals surface area contributed by atoms with Crippen LogP contribution in [0.5, 0.6) is 11.5 Å². The predicted molar refractivity (Wildman–Crippen MR) is 76.3 cm³/mol. The summed E-state index contributed by atoms with van der Waals surface area (Å²) >= 11 is 6.11. The van der Waals surface area contributed by atoms with Crippen molar-refractivity contribution in [3.63, 3.8) is 0 Å². The third kappa shape index (κ3) is 2.51. The summed E-state index contributed by atoms with van der Waals surface area (Å²) in [5.41, 5.74) is 6.68. The van der Waals surface area contributed by atoms with Gasteiger partial charge in [0, 0.05) is 12.1 Å². The van der Waals surface area contributed by atoms with Gasteiger partial charge in [-0.15, -0.1) is 11.6 Å². The van der Waals surface area contributed by atoms with Gasteiger partial charge < -0.3 is 19.8 Å². The second-order valence-corrected chi connectivity index (χ2v) is 4.99. The Bertz CT molecular complexity index is 652. The van der Waals surface area contributed by atoms with Crippen LogP contribution in [0.1, 0.15) is 18.1 Å². The molecule has 108 valence electrons. The second-order valence-electron chi connectivity index (χ2n) is 4.33. The molecule has 0 aliphatic heterocycles. The van der Waals surface area contributed by atoms with Gasteiger partial charge in [0.1, 0.15) is 12.4 Å². The van der Waals surface area contributed by atoms with Crippen molar-refractivity contribution in [2.45, 2.75) is 18.8 Å². The quantitative estimate of drug-likeness (QED) is 0.854. The maximum absolute atomic E-state index is 11.2. The molecule has 20 heavy (non-hydrogen) atoms. The van der Waals surface area contributed by atoms with Gasteiger partial charge in [-0.1, -0.05) is 0 Å². The topological polar surface area (TPSA) is 79.4 Å². The first-order valence-corrected chi connectivity index (χ1v) is 6.46. The Hall–Kier alpha value is -1.95. The molecule has 0 bridgehead atoms. The smallest absolute Gasteiger partial charge is 0.237 e. The lowest BCUT2D eigenvalue weighted by Crippen LogP contribution is -2.20. The van der Waals surface area contributed by atoms with E-state index < -0.39 is 5.91 Å². The Kier molecular flexibility index (Phi) is 4.04. The summed E-state index contributed by atoms with van der Waals surface area (Å²) in [6, 6.07) is 3.50. The summed E-state index contributed by atoms with van der Waals surface area (Å²) in [7, 11) is 3.10. The van der Waals surface area contributed by atoms with E-state index in [2.05, 4.69) is 4.98 Å². The molecule has 1 amide bonds. The van der Waals surface area contributed by atoms with E-state index in [-0.39, 0.29) is 11.9 Å². The lowest BCUT2D eigenvalue weighted by molar-refractivity contribution is -0.118. The fourth-order valence-electron chi connectivity index (χ4n) is 2.10. The zero-order valence-corrected chi connectivity index (χ0v) is 12.3. The minimum atomic E-state index is -0.461. The summed E-state index contributed by atoms with van der Waals surface area (Å²) in [6.07, 6.45) is 0. The summed E-state index contributed by atoms with van der Waals surface area (Å²) < 4.78 is 12.2. The van der Waals surface area contributed by atoms with Gasteiger partial charge in [-0.05, 0) is 6.92 Å². The first-order valence-electron chi connectivity index (χ1n) is 6.02. The average Bonchev–Trinajstić information content (AvgIpc) is 2.74. The van der Waals surface area contributed by atoms with Crippen LogP contribution in [0.3, 0.4) is 0 Å². The zero-order valence-electron chi connectivity index (χ0n) is 11.5. The number of halogens is 1. The van der Waals surface area contributed by atoms with Gasteiger partial charge in [0.25, 0.3) is 0 Å². The number of imidazole rings is 1. The van der Waals surface area contributed by atoms with Crippen LogP contribution in [0.15, 0.2) is 12.1 Å². The third-order valence-corrected chi connectivity index (χ3v) is 3.15. The molecule has 0 saturated carbocycles. The van der Waals surface area contributed by atoms with Crippen molar-refractivity contribution in [3.8, 4) is 11.5 Å². The van der Waals surface area contributed by atoms with Crippen molar-refractivity contribution >= 4 is 28.5 Å². The maximum atomic E-state index is 11.2. The highest BCUT2D eigenvalue weighted by Crippen LogP contribution is 2.34. The summed E-state index contributed by atoms with van der Waals surface area (Å²) in [5.74, 6) is 1.24. The number of amides is 1. The summed E-state index contributed by atoms with van der Waals surface area (Å²) in [6.45, 7) is 1.80. The lowest BCUT2D eigenvalue weighted by Gasteiger charge is -2.10. The van der Waals surface area contributed by atoms with E-state index in [1.54, 1.807) is 37.8 Å². The van der Waals surface area contributed by atoms with E-state index in [9.17, 15) is 4.79 Å². The normalized spacial score (nSPS) is 12.4. The molecule has 1 unspecified atom stereocenters. The molecular weight excluding hydrogens is 282 g/mol. The molecule has 1 atom stereocenters. The number of nitrogens with zero attached hydrogens (tertiary/aromatic N) is 2. The van der Waals surface area contributed by atoms with Gasteiger partial charge in [0.2, 0.25) is 5.91 Å². The van der Waals surface area contributed by atoms with E-state index in [1.165, 1.54) is 0 Å². The summed E-state index contributed by atoms with van der Waals surface area (Å²) in [5, 5.41) is -0.348. The molecule has 1 heterocycles. The Morgan fingerprint density at radius 3 is 2.50 bits per heavy atom. The van der Waals surface area contributed by atoms with Crippen molar-refractivity contribution in [3.05, 3.63) is 18.0 Å². The highest BCUT2D eigenvalue weighted by molar-refractivity contribution is 6.20. The number of methoxy groups -OCH3 is 2. The molecule has 1 aromatic heterocycles. The number of carbonyl (C=O) groups is 1. The molecule has 6 nitrogen and oxygen atoms in total. The van der Waals surface area contributed by atoms with E-state index in [0.717, 1.165) is 5.52 Å². The number of nitrogens with two attached hydrogens (primary N) is 1. The number of primary amides is 1. The molecule has 2 aromatic rings. The standard InChI is InChI=1S/C13H16ClN3O3/c1-7(14)13-16-8-4-10(19-2)11(20-3)5-9(8)17(13)6-12(15)18/h4-5,7H,6H2,1-3H3,(H2,15,18). The second kappa shape index (κ2) is 5.58. The first-order chi connectivity index (χ1) is 9.47. The van der Waals surface area contributed by atoms with E-state index in [4.69, 9.17) is 26.8 Å². The monoisotopic (exact) mass is 297 g/mol. The van der Waals surface area contributed by atoms with Gasteiger partial charge in [-0.25, -0.2) is 4.98 Å². The Balaban J connectivity index is 2.71. The molecule has 0 radical (unpaired) electrons. The highest BCUT2D eigenvalue weighted by Gasteiger charge is 2.18. The third-order valence-electron chi connectivity index (χ3n) is 2.95. The molecule has 0 aliphatic carbocycles. The fraction of sp³-hybridized carbons (Fsp3) is 0.385. The van der Waals surface area contributed by atoms with Crippen LogP contribution in [0, 0.1) is 0 Å². The largest absolute Gasteiger partial charge is 0.493 e. The van der Waals surface area contributed by atoms with E-state index in [1.807, 2.05) is 0 Å². The van der Waals surface area contributed by atoms with Crippen molar-refractivity contribution < 1.29 is 14.3 Å². The number of hydrogen-bond donors (Lipinski definition) is 1. The van der Waals surface area contributed by atoms with Crippen LogP contribution in [0.4, 0.5) is 0 Å². The minimum absolute atomic E-state index is 0.0123. The predicted octanol–water partition coefficient (Wildman–Crippen LogP) is 1.84. The van der Waals surface area contributed by atoms with Crippen LogP contribution >= 0.6 is 11.6 Å². The highest BCUT2D eigenvalue weighted by atomic mass is 35.5. The SMILES string of the molecule is COc1cc2nc(C(C)Cl)n(CC(N)=O)c2cc1OC. The number of benzene rings is 1. The molecule has 2 rings (SSSR count). The molecule has 2 N–H and O–H groups in total. The van der Waals surface area contributed by atoms with E-state index >= 15 is 0 Å². The lowest BCUT2D eigenvalue weighted by atomic mass is 10.2. The number of fused-ring (bicyclic) bond motifs is 1. The van der Waals surface area contributed by atoms with Crippen molar-refractivity contribution in [2.75, 3.05) is 14.2 Å². The molecule has 0 spiro atoms. The van der Waals surface area contributed by atoms with Crippen LogP contribution in [0.25, 0.3) is 11.0 Å². The van der Waals surface area contributed by atoms with Crippen molar-refractivity contribution in [2.24, 2.45) is 5.73 Å². The molecule has 1 aromatic carbocycles. The number of ether oxygens (including phenoxy) is 2. The van der Waals surface area contributed by atoms with Gasteiger partial charge in [-0.2, -0.15) is 0 Å². The first kappa shape index (κ1) is 14.5. The van der Waals surface area contributed by atoms with Gasteiger partial charge in [0.15, 0.2) is 11.5 Å². The van der Waals surface area contributed by atoms with Crippen LogP contribution in [-0.2, 0) is 11.3 Å². The molecule has 0 saturated heterocycles. The van der Waals surface area contributed by atoms with Crippen molar-refractivity contribution in [1.29, 1.82) is 0 Å². The summed E-state index contributed by atoms with van der Waals surface area (Å²) in [4.78, 5) is 15.7. The zero-order chi connectivity index (χ0) is 14.9. The number of aromatic nitrogens is 2. The van der Waals surface area contributed by atoms with Gasteiger partial charge in [-0.3, -0.25) is 4.79 Å². The number of carbonyl (C=O) groups excluding carboxylic acids is 1. The molecule has 0 fully saturated rings. The van der Waals surface area contributed by atoms with Gasteiger partial charge in [0.05, 0.1) is 30.6 Å². The van der Waals surface area contributed by atoms with Crippen LogP contribution in [-0.4, -0.2) is 29.7 Å². The van der Waals surface area contributed by atoms with E-state index in [0.29, 0.717) is 22.8 Å². The Labute approximate surface area is 121 Å². The number of rotatable bonds is 5. The minimum Gasteiger partial charge on any atom is -0.493 e. The molecule has 7 heteroatoms. The van der Waals surface area contributed by atoms with Crippen LogP contribution < -0.4 is 15.2 Å². The number of alkyl halides is 1. The van der Waals surface area contributed by atoms with Crippen LogP contribution in [0.2, 0.25) is 0 Å². The Morgan fingerprint density at radius 1 is 1.40 bits per heavy atom. The fourth-order valence-corrected chi connectivity index (χ4v) is 2.26. The molecule has 0 aliphatic rings. The molecular formula is C13H16ClN3O3. The number of hydrogen-bond acceptors (Lipinski definition) is 4. The Morgan fingerprint density at radius 2 is 2.00 bits per heavy atom. The van der Waals surface area contributed by atoms with Crippen molar-refractivity contribution in [1.82, 2.24) is 9.55 Å². The maximum Gasteiger partial charge on any atom is 0.237 e. The average molecular weight is 298 g/mol. The van der Waals surface area contributed by atoms with Gasteiger partial charge >= 0.3 is 0 Å².